The molecule has 1 aromatic heterocycles. The molecule has 31 heavy (non-hydrogen) atoms. The minimum Gasteiger partial charge on any atom is -0.457 e. The molecule has 0 unspecified atom stereocenters. The summed E-state index contributed by atoms with van der Waals surface area (Å²) in [5.74, 6) is -2.56. The minimum absolute atomic E-state index is 0.0827. The lowest BCUT2D eigenvalue weighted by molar-refractivity contribution is -0.151. The van der Waals surface area contributed by atoms with Crippen LogP contribution < -0.4 is 0 Å². The van der Waals surface area contributed by atoms with Gasteiger partial charge in [-0.05, 0) is 47.5 Å². The van der Waals surface area contributed by atoms with Gasteiger partial charge in [0.2, 0.25) is 0 Å². The largest absolute Gasteiger partial charge is 0.457 e. The van der Waals surface area contributed by atoms with E-state index in [0.29, 0.717) is 24.7 Å². The van der Waals surface area contributed by atoms with Crippen LogP contribution in [0, 0.1) is 17.6 Å². The average molecular weight is 427 g/mol. The van der Waals surface area contributed by atoms with E-state index >= 15 is 0 Å². The number of esters is 1. The molecule has 0 aliphatic carbocycles. The summed E-state index contributed by atoms with van der Waals surface area (Å²) >= 11 is 0. The molecule has 0 saturated carbocycles. The first-order chi connectivity index (χ1) is 15.0. The molecular formula is C21H19F2N5O3. The maximum absolute atomic E-state index is 13.9. The molecule has 1 fully saturated rings. The number of carbonyl (C=O) groups is 2. The number of amides is 1. The Morgan fingerprint density at radius 3 is 2.52 bits per heavy atom. The number of piperidine rings is 1. The van der Waals surface area contributed by atoms with E-state index in [0.717, 1.165) is 17.8 Å². The van der Waals surface area contributed by atoms with Crippen molar-refractivity contribution in [1.82, 2.24) is 25.1 Å². The molecule has 4 rings (SSSR count). The van der Waals surface area contributed by atoms with Gasteiger partial charge in [-0.25, -0.2) is 8.78 Å². The van der Waals surface area contributed by atoms with Gasteiger partial charge in [0.25, 0.3) is 5.91 Å². The third kappa shape index (κ3) is 4.57. The molecule has 1 aliphatic rings. The maximum atomic E-state index is 13.9. The number of benzene rings is 2. The molecule has 1 saturated heterocycles. The summed E-state index contributed by atoms with van der Waals surface area (Å²) in [6, 6.07) is 12.1. The van der Waals surface area contributed by atoms with Gasteiger partial charge >= 0.3 is 5.97 Å². The van der Waals surface area contributed by atoms with Gasteiger partial charge in [0.05, 0.1) is 17.2 Å². The zero-order valence-corrected chi connectivity index (χ0v) is 16.4. The van der Waals surface area contributed by atoms with Crippen molar-refractivity contribution in [2.45, 2.75) is 19.4 Å². The van der Waals surface area contributed by atoms with Crippen LogP contribution >= 0.6 is 0 Å². The molecule has 3 aromatic rings. The summed E-state index contributed by atoms with van der Waals surface area (Å²) in [6.07, 6.45) is 0.772. The number of hydrogen-bond acceptors (Lipinski definition) is 6. The SMILES string of the molecule is O=C(OCc1nnnn1-c1ccccc1)C1CCN(C(=O)c2ccc(F)cc2F)CC1. The Morgan fingerprint density at radius 2 is 1.81 bits per heavy atom. The number of aromatic nitrogens is 4. The highest BCUT2D eigenvalue weighted by Gasteiger charge is 2.30. The molecule has 2 heterocycles. The highest BCUT2D eigenvalue weighted by molar-refractivity contribution is 5.94. The molecule has 0 bridgehead atoms. The number of rotatable bonds is 5. The predicted octanol–water partition coefficient (Wildman–Crippen LogP) is 2.54. The number of para-hydroxylation sites is 1. The predicted molar refractivity (Wildman–Crippen MR) is 104 cm³/mol. The first kappa shape index (κ1) is 20.6. The number of halogens is 2. The molecule has 8 nitrogen and oxygen atoms in total. The van der Waals surface area contributed by atoms with Gasteiger partial charge in [-0.15, -0.1) is 5.10 Å². The number of nitrogens with zero attached hydrogens (tertiary/aromatic N) is 5. The van der Waals surface area contributed by atoms with E-state index in [1.165, 1.54) is 9.58 Å². The molecule has 2 aromatic carbocycles. The first-order valence-corrected chi connectivity index (χ1v) is 9.76. The fraction of sp³-hybridized carbons (Fsp3) is 0.286. The third-order valence-electron chi connectivity index (χ3n) is 5.16. The van der Waals surface area contributed by atoms with Crippen LogP contribution in [0.4, 0.5) is 8.78 Å². The normalized spacial score (nSPS) is 14.5. The van der Waals surface area contributed by atoms with Crippen LogP contribution in [0.1, 0.15) is 29.0 Å². The van der Waals surface area contributed by atoms with Crippen LogP contribution in [0.5, 0.6) is 0 Å². The topological polar surface area (TPSA) is 90.2 Å². The van der Waals surface area contributed by atoms with E-state index in [4.69, 9.17) is 4.74 Å². The Balaban J connectivity index is 1.31. The van der Waals surface area contributed by atoms with Crippen molar-refractivity contribution in [3.63, 3.8) is 0 Å². The smallest absolute Gasteiger partial charge is 0.309 e. The van der Waals surface area contributed by atoms with Gasteiger partial charge in [-0.3, -0.25) is 9.59 Å². The standard InChI is InChI=1S/C21H19F2N5O3/c22-15-6-7-17(18(23)12-15)20(29)27-10-8-14(9-11-27)21(30)31-13-19-24-25-26-28(19)16-4-2-1-3-5-16/h1-7,12,14H,8-11,13H2. The van der Waals surface area contributed by atoms with Crippen LogP contribution in [0.15, 0.2) is 48.5 Å². The number of ether oxygens (including phenoxy) is 1. The Morgan fingerprint density at radius 1 is 1.06 bits per heavy atom. The Bertz CT molecular complexity index is 1080. The zero-order valence-electron chi connectivity index (χ0n) is 16.4. The van der Waals surface area contributed by atoms with Crippen molar-refractivity contribution in [1.29, 1.82) is 0 Å². The van der Waals surface area contributed by atoms with Crippen molar-refractivity contribution in [2.75, 3.05) is 13.1 Å². The summed E-state index contributed by atoms with van der Waals surface area (Å²) in [7, 11) is 0. The molecule has 160 valence electrons. The molecule has 0 N–H and O–H groups in total. The maximum Gasteiger partial charge on any atom is 0.309 e. The van der Waals surface area contributed by atoms with Gasteiger partial charge in [0.15, 0.2) is 12.4 Å². The van der Waals surface area contributed by atoms with Crippen molar-refractivity contribution in [2.24, 2.45) is 5.92 Å². The van der Waals surface area contributed by atoms with Gasteiger partial charge < -0.3 is 9.64 Å². The lowest BCUT2D eigenvalue weighted by atomic mass is 9.96. The Kier molecular flexibility index (Phi) is 5.96. The summed E-state index contributed by atoms with van der Waals surface area (Å²) in [4.78, 5) is 26.4. The monoisotopic (exact) mass is 427 g/mol. The molecule has 10 heteroatoms. The van der Waals surface area contributed by atoms with Crippen LogP contribution in [-0.2, 0) is 16.1 Å². The van der Waals surface area contributed by atoms with Crippen molar-refractivity contribution in [3.05, 3.63) is 71.6 Å². The Labute approximate surface area is 176 Å². The summed E-state index contributed by atoms with van der Waals surface area (Å²) in [5.41, 5.74) is 0.563. The molecule has 0 radical (unpaired) electrons. The van der Waals surface area contributed by atoms with E-state index < -0.39 is 23.5 Å². The second-order valence-corrected chi connectivity index (χ2v) is 7.14. The van der Waals surface area contributed by atoms with Crippen LogP contribution in [-0.4, -0.2) is 50.1 Å². The van der Waals surface area contributed by atoms with E-state index in [-0.39, 0.29) is 31.2 Å². The average Bonchev–Trinajstić information content (AvgIpc) is 3.26. The number of hydrogen-bond donors (Lipinski definition) is 0. The molecule has 1 aliphatic heterocycles. The van der Waals surface area contributed by atoms with Crippen LogP contribution in [0.3, 0.4) is 0 Å². The van der Waals surface area contributed by atoms with Gasteiger partial charge in [0, 0.05) is 19.2 Å². The first-order valence-electron chi connectivity index (χ1n) is 9.76. The second-order valence-electron chi connectivity index (χ2n) is 7.14. The van der Waals surface area contributed by atoms with E-state index in [9.17, 15) is 18.4 Å². The number of likely N-dealkylation sites (tertiary alicyclic amines) is 1. The highest BCUT2D eigenvalue weighted by Crippen LogP contribution is 2.22. The van der Waals surface area contributed by atoms with E-state index in [1.54, 1.807) is 0 Å². The van der Waals surface area contributed by atoms with Gasteiger partial charge in [0.1, 0.15) is 11.6 Å². The van der Waals surface area contributed by atoms with Crippen LogP contribution in [0.25, 0.3) is 5.69 Å². The molecule has 1 amide bonds. The lowest BCUT2D eigenvalue weighted by Crippen LogP contribution is -2.41. The van der Waals surface area contributed by atoms with Crippen molar-refractivity contribution < 1.29 is 23.1 Å². The number of tetrazole rings is 1. The highest BCUT2D eigenvalue weighted by atomic mass is 19.1. The quantitative estimate of drug-likeness (QED) is 0.582. The van der Waals surface area contributed by atoms with Gasteiger partial charge in [-0.2, -0.15) is 4.68 Å². The second kappa shape index (κ2) is 8.99. The lowest BCUT2D eigenvalue weighted by Gasteiger charge is -2.31. The minimum atomic E-state index is -0.900. The third-order valence-corrected chi connectivity index (χ3v) is 5.16. The fourth-order valence-corrected chi connectivity index (χ4v) is 3.47. The van der Waals surface area contributed by atoms with Crippen molar-refractivity contribution in [3.8, 4) is 5.69 Å². The number of carbonyl (C=O) groups excluding carboxylic acids is 2. The fourth-order valence-electron chi connectivity index (χ4n) is 3.47. The van der Waals surface area contributed by atoms with E-state index in [1.807, 2.05) is 30.3 Å². The molecule has 0 atom stereocenters. The van der Waals surface area contributed by atoms with Crippen LogP contribution in [0.2, 0.25) is 0 Å². The van der Waals surface area contributed by atoms with Gasteiger partial charge in [-0.1, -0.05) is 18.2 Å². The van der Waals surface area contributed by atoms with Crippen molar-refractivity contribution >= 4 is 11.9 Å². The molecular weight excluding hydrogens is 408 g/mol. The Hall–Kier alpha value is -3.69. The molecule has 0 spiro atoms. The zero-order chi connectivity index (χ0) is 21.8. The van der Waals surface area contributed by atoms with E-state index in [2.05, 4.69) is 15.5 Å². The summed E-state index contributed by atoms with van der Waals surface area (Å²) in [5, 5.41) is 11.4. The summed E-state index contributed by atoms with van der Waals surface area (Å²) in [6.45, 7) is 0.467. The summed E-state index contributed by atoms with van der Waals surface area (Å²) < 4.78 is 33.8.